The molecular weight excluding hydrogens is 430 g/mol. The van der Waals surface area contributed by atoms with Crippen molar-refractivity contribution in [3.05, 3.63) is 57.4 Å². The molecule has 0 bridgehead atoms. The number of amidine groups is 2. The minimum atomic E-state index is -0.409. The van der Waals surface area contributed by atoms with Gasteiger partial charge in [0.1, 0.15) is 5.04 Å². The van der Waals surface area contributed by atoms with Crippen molar-refractivity contribution >= 4 is 51.4 Å². The average Bonchev–Trinajstić information content (AvgIpc) is 3.20. The summed E-state index contributed by atoms with van der Waals surface area (Å²) in [6.07, 6.45) is 2.53. The summed E-state index contributed by atoms with van der Waals surface area (Å²) in [4.78, 5) is 16.9. The van der Waals surface area contributed by atoms with Crippen LogP contribution in [0.1, 0.15) is 42.8 Å². The molecular formula is C23H24ClN5OS. The van der Waals surface area contributed by atoms with E-state index in [1.165, 1.54) is 16.8 Å². The van der Waals surface area contributed by atoms with E-state index in [2.05, 4.69) is 28.5 Å². The van der Waals surface area contributed by atoms with Gasteiger partial charge in [0.15, 0.2) is 5.84 Å². The largest absolute Gasteiger partial charge is 0.318 e. The number of carbonyl (C=O) groups excluding carboxylic acids is 1. The molecule has 3 heterocycles. The zero-order valence-electron chi connectivity index (χ0n) is 18.2. The van der Waals surface area contributed by atoms with Crippen molar-refractivity contribution in [1.82, 2.24) is 9.58 Å². The monoisotopic (exact) mass is 453 g/mol. The van der Waals surface area contributed by atoms with Crippen molar-refractivity contribution in [3.63, 3.8) is 0 Å². The van der Waals surface area contributed by atoms with E-state index in [0.717, 1.165) is 39.7 Å². The van der Waals surface area contributed by atoms with Crippen molar-refractivity contribution in [1.29, 1.82) is 5.41 Å². The number of carbonyl (C=O) groups is 1. The molecule has 6 nitrogen and oxygen atoms in total. The summed E-state index contributed by atoms with van der Waals surface area (Å²) in [5, 5.41) is 16.6. The van der Waals surface area contributed by atoms with Crippen LogP contribution in [0.4, 0.5) is 0 Å². The highest BCUT2D eigenvalue weighted by Crippen LogP contribution is 2.32. The van der Waals surface area contributed by atoms with E-state index in [1.807, 2.05) is 45.0 Å². The molecule has 8 heteroatoms. The van der Waals surface area contributed by atoms with Crippen LogP contribution in [0.5, 0.6) is 0 Å². The van der Waals surface area contributed by atoms with Gasteiger partial charge in [0.25, 0.3) is 5.91 Å². The molecule has 1 aromatic heterocycles. The summed E-state index contributed by atoms with van der Waals surface area (Å²) in [5.74, 6) is 0.0890. The number of halogens is 1. The Bertz CT molecular complexity index is 1200. The zero-order chi connectivity index (χ0) is 22.4. The highest BCUT2D eigenvalue weighted by Gasteiger charge is 2.35. The van der Waals surface area contributed by atoms with Gasteiger partial charge in [-0.1, -0.05) is 31.5 Å². The van der Waals surface area contributed by atoms with Gasteiger partial charge in [0, 0.05) is 28.5 Å². The normalized spacial score (nSPS) is 17.5. The van der Waals surface area contributed by atoms with Gasteiger partial charge in [-0.2, -0.15) is 15.1 Å². The summed E-state index contributed by atoms with van der Waals surface area (Å²) >= 11 is 7.70. The number of hydrazone groups is 1. The number of fused-ring (bicyclic) bond motifs is 1. The second kappa shape index (κ2) is 8.13. The van der Waals surface area contributed by atoms with Gasteiger partial charge in [0.05, 0.1) is 5.57 Å². The molecule has 0 atom stereocenters. The first kappa shape index (κ1) is 21.6. The van der Waals surface area contributed by atoms with Crippen LogP contribution in [-0.2, 0) is 4.79 Å². The lowest BCUT2D eigenvalue weighted by atomic mass is 10.1. The number of aliphatic imine (C=N–C) groups is 1. The Hall–Kier alpha value is -2.64. The van der Waals surface area contributed by atoms with Crippen LogP contribution in [0.15, 0.2) is 39.9 Å². The third-order valence-corrected chi connectivity index (χ3v) is 6.60. The molecule has 2 aromatic rings. The maximum Gasteiger partial charge on any atom is 0.283 e. The van der Waals surface area contributed by atoms with E-state index < -0.39 is 5.91 Å². The highest BCUT2D eigenvalue weighted by molar-refractivity contribution is 8.26. The molecule has 4 rings (SSSR count). The molecule has 0 aliphatic carbocycles. The lowest BCUT2D eigenvalue weighted by molar-refractivity contribution is -0.114. The number of hydrogen-bond donors (Lipinski definition) is 1. The molecule has 0 saturated heterocycles. The number of nitrogens with zero attached hydrogens (tertiary/aromatic N) is 4. The second-order valence-corrected chi connectivity index (χ2v) is 9.65. The minimum absolute atomic E-state index is 0.0597. The molecule has 0 spiro atoms. The predicted octanol–water partition coefficient (Wildman–Crippen LogP) is 5.72. The predicted molar refractivity (Wildman–Crippen MR) is 129 cm³/mol. The zero-order valence-corrected chi connectivity index (χ0v) is 19.7. The number of rotatable bonds is 4. The van der Waals surface area contributed by atoms with Gasteiger partial charge in [-0.05, 0) is 73.9 Å². The summed E-state index contributed by atoms with van der Waals surface area (Å²) in [6.45, 7) is 10.2. The topological polar surface area (TPSA) is 73.8 Å². The van der Waals surface area contributed by atoms with Gasteiger partial charge in [0.2, 0.25) is 5.17 Å². The van der Waals surface area contributed by atoms with Crippen LogP contribution >= 0.6 is 23.4 Å². The fraction of sp³-hybridized carbons (Fsp3) is 0.304. The van der Waals surface area contributed by atoms with E-state index in [-0.39, 0.29) is 11.4 Å². The van der Waals surface area contributed by atoms with Crippen LogP contribution in [0.2, 0.25) is 5.02 Å². The number of aryl methyl sites for hydroxylation is 2. The molecule has 160 valence electrons. The van der Waals surface area contributed by atoms with Crippen LogP contribution in [0.3, 0.4) is 0 Å². The van der Waals surface area contributed by atoms with Crippen molar-refractivity contribution in [3.8, 4) is 5.69 Å². The summed E-state index contributed by atoms with van der Waals surface area (Å²) in [6, 6.07) is 7.95. The molecule has 31 heavy (non-hydrogen) atoms. The molecule has 0 fully saturated rings. The first-order valence-electron chi connectivity index (χ1n) is 10.1. The molecule has 2 aliphatic rings. The first-order chi connectivity index (χ1) is 14.7. The quantitative estimate of drug-likeness (QED) is 0.601. The molecule has 0 radical (unpaired) electrons. The van der Waals surface area contributed by atoms with Crippen LogP contribution in [0, 0.1) is 32.1 Å². The van der Waals surface area contributed by atoms with Crippen LogP contribution in [0.25, 0.3) is 11.8 Å². The van der Waals surface area contributed by atoms with Gasteiger partial charge >= 0.3 is 0 Å². The molecule has 1 N–H and O–H groups in total. The Morgan fingerprint density at radius 2 is 1.97 bits per heavy atom. The molecule has 0 saturated carbocycles. The number of aromatic nitrogens is 1. The van der Waals surface area contributed by atoms with Gasteiger partial charge in [-0.15, -0.1) is 0 Å². The van der Waals surface area contributed by atoms with Crippen molar-refractivity contribution in [2.45, 2.75) is 41.0 Å². The highest BCUT2D eigenvalue weighted by atomic mass is 35.5. The van der Waals surface area contributed by atoms with Crippen LogP contribution in [-0.4, -0.2) is 31.5 Å². The summed E-state index contributed by atoms with van der Waals surface area (Å²) in [7, 11) is 0. The molecule has 0 unspecified atom stereocenters. The Labute approximate surface area is 191 Å². The smallest absolute Gasteiger partial charge is 0.283 e. The number of benzene rings is 1. The number of nitrogens with one attached hydrogen (secondary N) is 1. The third kappa shape index (κ3) is 4.00. The van der Waals surface area contributed by atoms with Crippen LogP contribution < -0.4 is 0 Å². The van der Waals surface area contributed by atoms with Crippen molar-refractivity contribution in [2.24, 2.45) is 16.0 Å². The van der Waals surface area contributed by atoms with Crippen molar-refractivity contribution in [2.75, 3.05) is 0 Å². The van der Waals surface area contributed by atoms with Gasteiger partial charge in [-0.3, -0.25) is 10.2 Å². The lowest BCUT2D eigenvalue weighted by Gasteiger charge is -2.20. The number of hydrogen-bond acceptors (Lipinski definition) is 4. The Kier molecular flexibility index (Phi) is 5.66. The minimum Gasteiger partial charge on any atom is -0.318 e. The van der Waals surface area contributed by atoms with E-state index in [1.54, 1.807) is 6.08 Å². The first-order valence-corrected chi connectivity index (χ1v) is 11.3. The van der Waals surface area contributed by atoms with Crippen molar-refractivity contribution < 1.29 is 4.79 Å². The van der Waals surface area contributed by atoms with Gasteiger partial charge < -0.3 is 4.57 Å². The fourth-order valence-electron chi connectivity index (χ4n) is 3.67. The number of thioether (sulfide) groups is 1. The van der Waals surface area contributed by atoms with E-state index in [4.69, 9.17) is 17.0 Å². The molecule has 1 aromatic carbocycles. The third-order valence-electron chi connectivity index (χ3n) is 5.26. The Balaban J connectivity index is 1.71. The molecule has 1 amide bonds. The van der Waals surface area contributed by atoms with E-state index >= 15 is 0 Å². The fourth-order valence-corrected chi connectivity index (χ4v) is 4.94. The van der Waals surface area contributed by atoms with E-state index in [0.29, 0.717) is 16.1 Å². The standard InChI is InChI=1S/C23H24ClN5OS/c1-12(2)8-20-27-29-21(25)18(22(30)26-23(29)31-20)10-16-9-14(4)28(15(16)5)17-7-6-13(3)19(24)11-17/h6-7,9-12,25H,8H2,1-5H3. The molecule has 2 aliphatic heterocycles. The summed E-state index contributed by atoms with van der Waals surface area (Å²) < 4.78 is 2.09. The number of amides is 1. The average molecular weight is 454 g/mol. The Morgan fingerprint density at radius 3 is 2.65 bits per heavy atom. The maximum atomic E-state index is 12.7. The van der Waals surface area contributed by atoms with Gasteiger partial charge in [-0.25, -0.2) is 0 Å². The SMILES string of the molecule is Cc1ccc(-n2c(C)cc(C=C3C(=N)N4N=C(CC(C)C)SC4=NC3=O)c2C)cc1Cl. The lowest BCUT2D eigenvalue weighted by Crippen LogP contribution is -2.35. The van der Waals surface area contributed by atoms with E-state index in [9.17, 15) is 4.79 Å². The summed E-state index contributed by atoms with van der Waals surface area (Å²) in [5.41, 5.74) is 5.04. The maximum absolute atomic E-state index is 12.7. The second-order valence-electron chi connectivity index (χ2n) is 8.21. The Morgan fingerprint density at radius 1 is 1.23 bits per heavy atom.